The third-order valence-corrected chi connectivity index (χ3v) is 1.98. The molecular formula is C8H6Cl3NO2. The molecular weight excluding hydrogens is 248 g/mol. The Labute approximate surface area is 95.7 Å². The molecule has 0 fully saturated rings. The first-order chi connectivity index (χ1) is 6.40. The molecule has 0 atom stereocenters. The lowest BCUT2D eigenvalue weighted by Gasteiger charge is -2.10. The highest BCUT2D eigenvalue weighted by Crippen LogP contribution is 2.33. The van der Waals surface area contributed by atoms with E-state index in [4.69, 9.17) is 34.8 Å². The molecule has 1 aromatic rings. The molecule has 0 aliphatic carbocycles. The molecule has 0 heterocycles. The van der Waals surface area contributed by atoms with Crippen molar-refractivity contribution in [2.45, 2.75) is 10.2 Å². The van der Waals surface area contributed by atoms with Gasteiger partial charge in [-0.1, -0.05) is 53.0 Å². The number of nitrogens with zero attached hydrogens (tertiary/aromatic N) is 1. The average Bonchev–Trinajstić information content (AvgIpc) is 2.01. The summed E-state index contributed by atoms with van der Waals surface area (Å²) >= 11 is 16.7. The van der Waals surface area contributed by atoms with E-state index >= 15 is 0 Å². The Hall–Kier alpha value is -0.510. The zero-order valence-corrected chi connectivity index (χ0v) is 9.18. The van der Waals surface area contributed by atoms with E-state index < -0.39 is 8.72 Å². The standard InChI is InChI=1S/C8H6Cl3NO2/c9-8(10,11)5-6-3-1-2-4-7(6)12(13)14/h1-4H,5H2. The maximum absolute atomic E-state index is 10.6. The van der Waals surface area contributed by atoms with Crippen LogP contribution in [0, 0.1) is 10.1 Å². The highest BCUT2D eigenvalue weighted by atomic mass is 35.6. The van der Waals surface area contributed by atoms with Crippen molar-refractivity contribution in [3.05, 3.63) is 39.9 Å². The first-order valence-electron chi connectivity index (χ1n) is 3.69. The molecule has 0 saturated carbocycles. The summed E-state index contributed by atoms with van der Waals surface area (Å²) < 4.78 is -1.51. The predicted molar refractivity (Wildman–Crippen MR) is 57.1 cm³/mol. The summed E-state index contributed by atoms with van der Waals surface area (Å²) in [6, 6.07) is 6.19. The van der Waals surface area contributed by atoms with Crippen LogP contribution in [0.4, 0.5) is 5.69 Å². The van der Waals surface area contributed by atoms with Crippen LogP contribution < -0.4 is 0 Å². The van der Waals surface area contributed by atoms with Crippen molar-refractivity contribution >= 4 is 40.5 Å². The lowest BCUT2D eigenvalue weighted by atomic mass is 10.1. The second-order valence-corrected chi connectivity index (χ2v) is 5.19. The fraction of sp³-hybridized carbons (Fsp3) is 0.250. The van der Waals surface area contributed by atoms with Gasteiger partial charge in [0.25, 0.3) is 5.69 Å². The molecule has 76 valence electrons. The summed E-state index contributed by atoms with van der Waals surface area (Å²) in [5.41, 5.74) is 0.385. The maximum atomic E-state index is 10.6. The molecule has 0 spiro atoms. The van der Waals surface area contributed by atoms with Crippen LogP contribution in [-0.2, 0) is 6.42 Å². The van der Waals surface area contributed by atoms with Gasteiger partial charge in [0, 0.05) is 18.1 Å². The van der Waals surface area contributed by atoms with Crippen LogP contribution in [-0.4, -0.2) is 8.72 Å². The third kappa shape index (κ3) is 3.33. The van der Waals surface area contributed by atoms with Crippen molar-refractivity contribution in [2.24, 2.45) is 0 Å². The fourth-order valence-corrected chi connectivity index (χ4v) is 1.49. The summed E-state index contributed by atoms with van der Waals surface area (Å²) in [6.45, 7) is 0. The van der Waals surface area contributed by atoms with Crippen molar-refractivity contribution in [2.75, 3.05) is 0 Å². The van der Waals surface area contributed by atoms with E-state index in [0.29, 0.717) is 5.56 Å². The van der Waals surface area contributed by atoms with Gasteiger partial charge < -0.3 is 0 Å². The second kappa shape index (κ2) is 4.34. The quantitative estimate of drug-likeness (QED) is 0.460. The number of hydrogen-bond donors (Lipinski definition) is 0. The smallest absolute Gasteiger partial charge is 0.258 e. The number of rotatable bonds is 2. The number of nitro groups is 1. The van der Waals surface area contributed by atoms with Crippen LogP contribution in [0.3, 0.4) is 0 Å². The largest absolute Gasteiger partial charge is 0.272 e. The molecule has 1 aromatic carbocycles. The third-order valence-electron chi connectivity index (χ3n) is 1.58. The van der Waals surface area contributed by atoms with Crippen LogP contribution in [0.2, 0.25) is 0 Å². The number of alkyl halides is 3. The lowest BCUT2D eigenvalue weighted by Crippen LogP contribution is -2.08. The Balaban J connectivity index is 3.02. The Kier molecular flexibility index (Phi) is 3.59. The molecule has 3 nitrogen and oxygen atoms in total. The van der Waals surface area contributed by atoms with Gasteiger partial charge in [0.15, 0.2) is 3.79 Å². The first-order valence-corrected chi connectivity index (χ1v) is 4.82. The zero-order chi connectivity index (χ0) is 10.8. The van der Waals surface area contributed by atoms with Gasteiger partial charge in [0.2, 0.25) is 0 Å². The molecule has 0 radical (unpaired) electrons. The van der Waals surface area contributed by atoms with Gasteiger partial charge in [-0.15, -0.1) is 0 Å². The number of para-hydroxylation sites is 1. The molecule has 0 saturated heterocycles. The molecule has 0 N–H and O–H groups in total. The number of benzene rings is 1. The molecule has 0 amide bonds. The Bertz CT molecular complexity index is 349. The van der Waals surface area contributed by atoms with Gasteiger partial charge in [-0.25, -0.2) is 0 Å². The molecule has 0 unspecified atom stereocenters. The van der Waals surface area contributed by atoms with E-state index in [9.17, 15) is 10.1 Å². The van der Waals surface area contributed by atoms with E-state index in [2.05, 4.69) is 0 Å². The molecule has 0 aliphatic heterocycles. The summed E-state index contributed by atoms with van der Waals surface area (Å²) in [5, 5.41) is 10.6. The average molecular weight is 254 g/mol. The summed E-state index contributed by atoms with van der Waals surface area (Å²) in [6.07, 6.45) is 0.0226. The van der Waals surface area contributed by atoms with Crippen LogP contribution >= 0.6 is 34.8 Å². The van der Waals surface area contributed by atoms with Gasteiger partial charge in [-0.2, -0.15) is 0 Å². The summed E-state index contributed by atoms with van der Waals surface area (Å²) in [5.74, 6) is 0. The van der Waals surface area contributed by atoms with Gasteiger partial charge in [0.1, 0.15) is 0 Å². The Morgan fingerprint density at radius 1 is 1.29 bits per heavy atom. The predicted octanol–water partition coefficient (Wildman–Crippen LogP) is 3.51. The van der Waals surface area contributed by atoms with Gasteiger partial charge in [-0.05, 0) is 0 Å². The number of hydrogen-bond acceptors (Lipinski definition) is 2. The molecule has 0 aliphatic rings. The normalized spacial score (nSPS) is 11.4. The van der Waals surface area contributed by atoms with Crippen LogP contribution in [0.5, 0.6) is 0 Å². The molecule has 14 heavy (non-hydrogen) atoms. The highest BCUT2D eigenvalue weighted by molar-refractivity contribution is 6.67. The Morgan fingerprint density at radius 2 is 1.86 bits per heavy atom. The highest BCUT2D eigenvalue weighted by Gasteiger charge is 2.24. The Morgan fingerprint density at radius 3 is 2.36 bits per heavy atom. The number of halogens is 3. The van der Waals surface area contributed by atoms with E-state index in [0.717, 1.165) is 0 Å². The van der Waals surface area contributed by atoms with Gasteiger partial charge in [0.05, 0.1) is 4.92 Å². The molecule has 0 aromatic heterocycles. The second-order valence-electron chi connectivity index (χ2n) is 2.68. The van der Waals surface area contributed by atoms with Crippen molar-refractivity contribution in [1.29, 1.82) is 0 Å². The van der Waals surface area contributed by atoms with Crippen molar-refractivity contribution in [3.63, 3.8) is 0 Å². The van der Waals surface area contributed by atoms with Crippen molar-refractivity contribution < 1.29 is 4.92 Å². The van der Waals surface area contributed by atoms with E-state index in [1.165, 1.54) is 6.07 Å². The number of nitro benzene ring substituents is 1. The van der Waals surface area contributed by atoms with Gasteiger partial charge in [-0.3, -0.25) is 10.1 Å². The zero-order valence-electron chi connectivity index (χ0n) is 6.91. The van der Waals surface area contributed by atoms with Crippen LogP contribution in [0.1, 0.15) is 5.56 Å². The summed E-state index contributed by atoms with van der Waals surface area (Å²) in [7, 11) is 0. The minimum Gasteiger partial charge on any atom is -0.258 e. The minimum absolute atomic E-state index is 0.0226. The maximum Gasteiger partial charge on any atom is 0.272 e. The van der Waals surface area contributed by atoms with E-state index in [1.54, 1.807) is 18.2 Å². The summed E-state index contributed by atoms with van der Waals surface area (Å²) in [4.78, 5) is 10.1. The van der Waals surface area contributed by atoms with E-state index in [-0.39, 0.29) is 12.1 Å². The topological polar surface area (TPSA) is 43.1 Å². The monoisotopic (exact) mass is 253 g/mol. The van der Waals surface area contributed by atoms with Crippen LogP contribution in [0.25, 0.3) is 0 Å². The van der Waals surface area contributed by atoms with Crippen molar-refractivity contribution in [3.8, 4) is 0 Å². The minimum atomic E-state index is -1.51. The molecule has 0 bridgehead atoms. The van der Waals surface area contributed by atoms with Crippen LogP contribution in [0.15, 0.2) is 24.3 Å². The SMILES string of the molecule is O=[N+]([O-])c1ccccc1CC(Cl)(Cl)Cl. The molecule has 1 rings (SSSR count). The lowest BCUT2D eigenvalue weighted by molar-refractivity contribution is -0.385. The fourth-order valence-electron chi connectivity index (χ4n) is 1.05. The first kappa shape index (κ1) is 11.6. The van der Waals surface area contributed by atoms with Crippen molar-refractivity contribution in [1.82, 2.24) is 0 Å². The van der Waals surface area contributed by atoms with E-state index in [1.807, 2.05) is 0 Å². The molecule has 6 heteroatoms. The van der Waals surface area contributed by atoms with Gasteiger partial charge >= 0.3 is 0 Å².